The second-order valence-corrected chi connectivity index (χ2v) is 5.45. The Kier molecular flexibility index (Phi) is 5.09. The molecule has 0 aliphatic heterocycles. The van der Waals surface area contributed by atoms with Crippen LogP contribution in [0.2, 0.25) is 5.02 Å². The number of anilines is 1. The standard InChI is InChI=1S/C15H13BrClNO3/c1-20-11-6-10(7-12(8-11)21-2)18-15(19)9-3-4-13(16)14(17)5-9/h3-8H,1-2H3,(H,18,19). The second-order valence-electron chi connectivity index (χ2n) is 4.18. The van der Waals surface area contributed by atoms with Gasteiger partial charge in [-0.25, -0.2) is 0 Å². The first-order chi connectivity index (χ1) is 10.0. The van der Waals surface area contributed by atoms with E-state index in [1.54, 1.807) is 50.6 Å². The van der Waals surface area contributed by atoms with E-state index in [1.807, 2.05) is 0 Å². The van der Waals surface area contributed by atoms with E-state index in [0.717, 1.165) is 4.47 Å². The molecule has 0 spiro atoms. The third kappa shape index (κ3) is 3.89. The lowest BCUT2D eigenvalue weighted by molar-refractivity contribution is 0.102. The minimum absolute atomic E-state index is 0.264. The molecule has 0 bridgehead atoms. The van der Waals surface area contributed by atoms with Crippen molar-refractivity contribution in [1.82, 2.24) is 0 Å². The zero-order valence-electron chi connectivity index (χ0n) is 11.4. The molecule has 0 atom stereocenters. The van der Waals surface area contributed by atoms with Crippen LogP contribution in [0.5, 0.6) is 11.5 Å². The summed E-state index contributed by atoms with van der Waals surface area (Å²) in [6, 6.07) is 10.2. The van der Waals surface area contributed by atoms with Crippen LogP contribution in [0.4, 0.5) is 5.69 Å². The first-order valence-electron chi connectivity index (χ1n) is 6.03. The smallest absolute Gasteiger partial charge is 0.255 e. The first-order valence-corrected chi connectivity index (χ1v) is 7.20. The maximum atomic E-state index is 12.2. The lowest BCUT2D eigenvalue weighted by atomic mass is 10.2. The molecule has 6 heteroatoms. The summed E-state index contributed by atoms with van der Waals surface area (Å²) in [4.78, 5) is 12.2. The van der Waals surface area contributed by atoms with Crippen molar-refractivity contribution >= 4 is 39.1 Å². The SMILES string of the molecule is COc1cc(NC(=O)c2ccc(Br)c(Cl)c2)cc(OC)c1. The molecule has 4 nitrogen and oxygen atoms in total. The fourth-order valence-electron chi connectivity index (χ4n) is 1.72. The number of halogens is 2. The largest absolute Gasteiger partial charge is 0.497 e. The number of rotatable bonds is 4. The number of methoxy groups -OCH3 is 2. The van der Waals surface area contributed by atoms with Crippen molar-refractivity contribution in [2.24, 2.45) is 0 Å². The molecule has 1 N–H and O–H groups in total. The van der Waals surface area contributed by atoms with Crippen molar-refractivity contribution in [2.75, 3.05) is 19.5 Å². The highest BCUT2D eigenvalue weighted by molar-refractivity contribution is 9.10. The molecular formula is C15H13BrClNO3. The maximum absolute atomic E-state index is 12.2. The van der Waals surface area contributed by atoms with Gasteiger partial charge in [0.15, 0.2) is 0 Å². The van der Waals surface area contributed by atoms with E-state index in [4.69, 9.17) is 21.1 Å². The van der Waals surface area contributed by atoms with Gasteiger partial charge in [0.2, 0.25) is 0 Å². The van der Waals surface area contributed by atoms with Gasteiger partial charge < -0.3 is 14.8 Å². The van der Waals surface area contributed by atoms with E-state index >= 15 is 0 Å². The minimum atomic E-state index is -0.264. The molecule has 0 heterocycles. The highest BCUT2D eigenvalue weighted by atomic mass is 79.9. The predicted octanol–water partition coefficient (Wildman–Crippen LogP) is 4.37. The van der Waals surface area contributed by atoms with Gasteiger partial charge in [-0.05, 0) is 34.1 Å². The summed E-state index contributed by atoms with van der Waals surface area (Å²) in [6.07, 6.45) is 0. The molecule has 2 aromatic rings. The van der Waals surface area contributed by atoms with Crippen LogP contribution in [0.25, 0.3) is 0 Å². The van der Waals surface area contributed by atoms with Gasteiger partial charge in [0.1, 0.15) is 11.5 Å². The molecule has 0 saturated heterocycles. The highest BCUT2D eigenvalue weighted by Crippen LogP contribution is 2.27. The summed E-state index contributed by atoms with van der Waals surface area (Å²) in [5.41, 5.74) is 1.04. The van der Waals surface area contributed by atoms with E-state index in [9.17, 15) is 4.79 Å². The van der Waals surface area contributed by atoms with Gasteiger partial charge in [-0.2, -0.15) is 0 Å². The van der Waals surface area contributed by atoms with Crippen LogP contribution in [0, 0.1) is 0 Å². The topological polar surface area (TPSA) is 47.6 Å². The van der Waals surface area contributed by atoms with Crippen LogP contribution in [-0.4, -0.2) is 20.1 Å². The second kappa shape index (κ2) is 6.83. The summed E-state index contributed by atoms with van der Waals surface area (Å²) < 4.78 is 11.1. The van der Waals surface area contributed by atoms with Crippen molar-refractivity contribution in [3.63, 3.8) is 0 Å². The zero-order chi connectivity index (χ0) is 15.4. The normalized spacial score (nSPS) is 10.1. The van der Waals surface area contributed by atoms with E-state index < -0.39 is 0 Å². The molecule has 110 valence electrons. The Hall–Kier alpha value is -1.72. The van der Waals surface area contributed by atoms with Gasteiger partial charge in [-0.15, -0.1) is 0 Å². The van der Waals surface area contributed by atoms with Crippen molar-refractivity contribution in [3.05, 3.63) is 51.5 Å². The fraction of sp³-hybridized carbons (Fsp3) is 0.133. The van der Waals surface area contributed by atoms with E-state index in [1.165, 1.54) is 0 Å². The Morgan fingerprint density at radius 3 is 2.24 bits per heavy atom. The highest BCUT2D eigenvalue weighted by Gasteiger charge is 2.10. The summed E-state index contributed by atoms with van der Waals surface area (Å²) in [7, 11) is 3.10. The Labute approximate surface area is 136 Å². The molecule has 0 saturated carbocycles. The molecule has 21 heavy (non-hydrogen) atoms. The third-order valence-corrected chi connectivity index (χ3v) is 4.02. The monoisotopic (exact) mass is 369 g/mol. The van der Waals surface area contributed by atoms with Crippen LogP contribution < -0.4 is 14.8 Å². The number of carbonyl (C=O) groups excluding carboxylic acids is 1. The zero-order valence-corrected chi connectivity index (χ0v) is 13.8. The molecule has 0 radical (unpaired) electrons. The average Bonchev–Trinajstić information content (AvgIpc) is 2.49. The Morgan fingerprint density at radius 1 is 1.10 bits per heavy atom. The van der Waals surface area contributed by atoms with Crippen LogP contribution in [0.1, 0.15) is 10.4 Å². The number of hydrogen-bond donors (Lipinski definition) is 1. The summed E-state index contributed by atoms with van der Waals surface area (Å²) in [5, 5.41) is 3.26. The Bertz CT molecular complexity index is 654. The number of amides is 1. The van der Waals surface area contributed by atoms with Gasteiger partial charge in [0.25, 0.3) is 5.91 Å². The molecule has 0 unspecified atom stereocenters. The van der Waals surface area contributed by atoms with Crippen molar-refractivity contribution < 1.29 is 14.3 Å². The predicted molar refractivity (Wildman–Crippen MR) is 86.7 cm³/mol. The quantitative estimate of drug-likeness (QED) is 0.869. The molecule has 1 amide bonds. The van der Waals surface area contributed by atoms with E-state index in [2.05, 4.69) is 21.2 Å². The molecule has 0 aliphatic carbocycles. The minimum Gasteiger partial charge on any atom is -0.497 e. The third-order valence-electron chi connectivity index (χ3n) is 2.79. The fourth-order valence-corrected chi connectivity index (χ4v) is 2.15. The van der Waals surface area contributed by atoms with E-state index in [-0.39, 0.29) is 5.91 Å². The Balaban J connectivity index is 2.24. The van der Waals surface area contributed by atoms with E-state index in [0.29, 0.717) is 27.8 Å². The lowest BCUT2D eigenvalue weighted by Crippen LogP contribution is -2.12. The van der Waals surface area contributed by atoms with Crippen molar-refractivity contribution in [2.45, 2.75) is 0 Å². The van der Waals surface area contributed by atoms with Gasteiger partial charge in [0, 0.05) is 33.9 Å². The average molecular weight is 371 g/mol. The first kappa shape index (κ1) is 15.7. The van der Waals surface area contributed by atoms with Gasteiger partial charge in [-0.1, -0.05) is 11.6 Å². The summed E-state index contributed by atoms with van der Waals surface area (Å²) >= 11 is 9.28. The summed E-state index contributed by atoms with van der Waals surface area (Å²) in [6.45, 7) is 0. The molecule has 2 aromatic carbocycles. The molecule has 0 fully saturated rings. The van der Waals surface area contributed by atoms with Crippen LogP contribution in [-0.2, 0) is 0 Å². The van der Waals surface area contributed by atoms with Crippen molar-refractivity contribution in [3.8, 4) is 11.5 Å². The number of ether oxygens (including phenoxy) is 2. The molecule has 2 rings (SSSR count). The molecular weight excluding hydrogens is 358 g/mol. The van der Waals surface area contributed by atoms with Gasteiger partial charge >= 0.3 is 0 Å². The maximum Gasteiger partial charge on any atom is 0.255 e. The van der Waals surface area contributed by atoms with Crippen LogP contribution >= 0.6 is 27.5 Å². The molecule has 0 aromatic heterocycles. The lowest BCUT2D eigenvalue weighted by Gasteiger charge is -2.10. The van der Waals surface area contributed by atoms with Crippen molar-refractivity contribution in [1.29, 1.82) is 0 Å². The van der Waals surface area contributed by atoms with Crippen LogP contribution in [0.15, 0.2) is 40.9 Å². The summed E-state index contributed by atoms with van der Waals surface area (Å²) in [5.74, 6) is 0.927. The number of nitrogens with one attached hydrogen (secondary N) is 1. The number of benzene rings is 2. The number of hydrogen-bond acceptors (Lipinski definition) is 3. The van der Waals surface area contributed by atoms with Crippen LogP contribution in [0.3, 0.4) is 0 Å². The van der Waals surface area contributed by atoms with Gasteiger partial charge in [-0.3, -0.25) is 4.79 Å². The van der Waals surface area contributed by atoms with Gasteiger partial charge in [0.05, 0.1) is 19.2 Å². The molecule has 0 aliphatic rings. The Morgan fingerprint density at radius 2 is 1.71 bits per heavy atom. The number of carbonyl (C=O) groups is 1.